The summed E-state index contributed by atoms with van der Waals surface area (Å²) in [4.78, 5) is 12.3. The Labute approximate surface area is 125 Å². The van der Waals surface area contributed by atoms with Crippen LogP contribution < -0.4 is 5.32 Å². The maximum absolute atomic E-state index is 12.3. The van der Waals surface area contributed by atoms with Gasteiger partial charge in [0.2, 0.25) is 0 Å². The van der Waals surface area contributed by atoms with Crippen LogP contribution in [0, 0.1) is 0 Å². The molecule has 1 amide bonds. The number of nitrogens with zero attached hydrogens (tertiary/aromatic N) is 1. The van der Waals surface area contributed by atoms with Crippen molar-refractivity contribution < 1.29 is 14.3 Å². The Bertz CT molecular complexity index is 575. The van der Waals surface area contributed by atoms with Crippen LogP contribution in [-0.4, -0.2) is 22.2 Å². The number of aromatic nitrogens is 1. The van der Waals surface area contributed by atoms with Crippen molar-refractivity contribution in [3.05, 3.63) is 46.6 Å². The number of carbonyl (C=O) groups excluding carboxylic acids is 1. The van der Waals surface area contributed by atoms with Crippen LogP contribution in [0.2, 0.25) is 0 Å². The molecule has 0 fully saturated rings. The van der Waals surface area contributed by atoms with E-state index in [4.69, 9.17) is 4.42 Å². The second kappa shape index (κ2) is 6.28. The smallest absolute Gasteiger partial charge is 0.268 e. The molecule has 1 unspecified atom stereocenters. The van der Waals surface area contributed by atoms with E-state index in [-0.39, 0.29) is 18.6 Å². The van der Waals surface area contributed by atoms with Gasteiger partial charge in [-0.05, 0) is 48.0 Å². The lowest BCUT2D eigenvalue weighted by Crippen LogP contribution is -2.32. The van der Waals surface area contributed by atoms with Gasteiger partial charge in [0.1, 0.15) is 17.5 Å². The Morgan fingerprint density at radius 2 is 2.30 bits per heavy atom. The molecule has 0 radical (unpaired) electrons. The van der Waals surface area contributed by atoms with Crippen molar-refractivity contribution in [1.29, 1.82) is 0 Å². The molecule has 0 bridgehead atoms. The lowest BCUT2D eigenvalue weighted by atomic mass is 10.2. The predicted octanol–water partition coefficient (Wildman–Crippen LogP) is 2.89. The van der Waals surface area contributed by atoms with E-state index >= 15 is 0 Å². The number of aliphatic hydroxyl groups is 1. The zero-order chi connectivity index (χ0) is 14.7. The number of rotatable bonds is 5. The largest absolute Gasteiger partial charge is 0.467 e. The molecule has 108 valence electrons. The van der Waals surface area contributed by atoms with Gasteiger partial charge in [-0.15, -0.1) is 0 Å². The SMILES string of the molecule is CC(C)n1cc(Br)cc1C(=O)NC(CO)c1ccco1. The van der Waals surface area contributed by atoms with Gasteiger partial charge in [0.05, 0.1) is 12.9 Å². The van der Waals surface area contributed by atoms with Gasteiger partial charge in [-0.3, -0.25) is 4.79 Å². The molecule has 2 aromatic heterocycles. The van der Waals surface area contributed by atoms with Gasteiger partial charge in [0.25, 0.3) is 5.91 Å². The molecule has 1 atom stereocenters. The summed E-state index contributed by atoms with van der Waals surface area (Å²) in [6.07, 6.45) is 3.37. The standard InChI is InChI=1S/C14H17BrN2O3/c1-9(2)17-7-10(15)6-12(17)14(19)16-11(8-18)13-4-3-5-20-13/h3-7,9,11,18H,8H2,1-2H3,(H,16,19). The number of furan rings is 1. The predicted molar refractivity (Wildman–Crippen MR) is 78.5 cm³/mol. The molecule has 0 aliphatic rings. The highest BCUT2D eigenvalue weighted by atomic mass is 79.9. The molecule has 0 saturated carbocycles. The minimum Gasteiger partial charge on any atom is -0.467 e. The monoisotopic (exact) mass is 340 g/mol. The second-order valence-electron chi connectivity index (χ2n) is 4.77. The lowest BCUT2D eigenvalue weighted by molar-refractivity contribution is 0.0896. The van der Waals surface area contributed by atoms with Crippen molar-refractivity contribution in [3.63, 3.8) is 0 Å². The first-order valence-electron chi connectivity index (χ1n) is 6.35. The summed E-state index contributed by atoms with van der Waals surface area (Å²) in [6.45, 7) is 3.78. The Kier molecular flexibility index (Phi) is 4.67. The maximum Gasteiger partial charge on any atom is 0.268 e. The average molecular weight is 341 g/mol. The van der Waals surface area contributed by atoms with Gasteiger partial charge in [-0.1, -0.05) is 0 Å². The second-order valence-corrected chi connectivity index (χ2v) is 5.68. The normalized spacial score (nSPS) is 12.7. The van der Waals surface area contributed by atoms with E-state index in [0.717, 1.165) is 4.47 Å². The lowest BCUT2D eigenvalue weighted by Gasteiger charge is -2.16. The van der Waals surface area contributed by atoms with Crippen molar-refractivity contribution in [2.75, 3.05) is 6.61 Å². The minimum absolute atomic E-state index is 0.165. The van der Waals surface area contributed by atoms with Crippen LogP contribution in [0.4, 0.5) is 0 Å². The minimum atomic E-state index is -0.549. The molecule has 2 heterocycles. The number of hydrogen-bond donors (Lipinski definition) is 2. The Balaban J connectivity index is 2.19. The highest BCUT2D eigenvalue weighted by Crippen LogP contribution is 2.20. The quantitative estimate of drug-likeness (QED) is 0.879. The Morgan fingerprint density at radius 3 is 2.85 bits per heavy atom. The summed E-state index contributed by atoms with van der Waals surface area (Å²) in [5.74, 6) is 0.280. The zero-order valence-electron chi connectivity index (χ0n) is 11.3. The van der Waals surface area contributed by atoms with Crippen LogP contribution in [-0.2, 0) is 0 Å². The molecule has 0 aliphatic carbocycles. The van der Waals surface area contributed by atoms with Crippen molar-refractivity contribution in [3.8, 4) is 0 Å². The molecule has 0 aromatic carbocycles. The Morgan fingerprint density at radius 1 is 1.55 bits per heavy atom. The molecule has 20 heavy (non-hydrogen) atoms. The first-order chi connectivity index (χ1) is 9.52. The van der Waals surface area contributed by atoms with E-state index in [1.165, 1.54) is 6.26 Å². The van der Waals surface area contributed by atoms with E-state index in [9.17, 15) is 9.90 Å². The molecule has 5 nitrogen and oxygen atoms in total. The zero-order valence-corrected chi connectivity index (χ0v) is 12.9. The van der Waals surface area contributed by atoms with E-state index < -0.39 is 6.04 Å². The number of halogens is 1. The fourth-order valence-corrected chi connectivity index (χ4v) is 2.42. The van der Waals surface area contributed by atoms with Crippen molar-refractivity contribution in [2.45, 2.75) is 25.9 Å². The third kappa shape index (κ3) is 3.13. The van der Waals surface area contributed by atoms with Crippen molar-refractivity contribution in [1.82, 2.24) is 9.88 Å². The Hall–Kier alpha value is -1.53. The molecule has 0 spiro atoms. The third-order valence-electron chi connectivity index (χ3n) is 2.98. The summed E-state index contributed by atoms with van der Waals surface area (Å²) in [5.41, 5.74) is 0.539. The van der Waals surface area contributed by atoms with E-state index in [1.807, 2.05) is 24.6 Å². The molecular formula is C14H17BrN2O3. The van der Waals surface area contributed by atoms with E-state index in [2.05, 4.69) is 21.2 Å². The molecule has 0 aliphatic heterocycles. The molecule has 2 N–H and O–H groups in total. The topological polar surface area (TPSA) is 67.4 Å². The fraction of sp³-hybridized carbons (Fsp3) is 0.357. The number of amides is 1. The van der Waals surface area contributed by atoms with Gasteiger partial charge in [-0.2, -0.15) is 0 Å². The fourth-order valence-electron chi connectivity index (χ4n) is 1.98. The molecular weight excluding hydrogens is 324 g/mol. The van der Waals surface area contributed by atoms with E-state index in [1.54, 1.807) is 18.2 Å². The molecule has 2 rings (SSSR count). The summed E-state index contributed by atoms with van der Waals surface area (Å²) in [6, 6.07) is 4.81. The van der Waals surface area contributed by atoms with Crippen LogP contribution in [0.3, 0.4) is 0 Å². The summed E-state index contributed by atoms with van der Waals surface area (Å²) in [7, 11) is 0. The number of nitrogens with one attached hydrogen (secondary N) is 1. The van der Waals surface area contributed by atoms with Gasteiger partial charge >= 0.3 is 0 Å². The van der Waals surface area contributed by atoms with Crippen molar-refractivity contribution >= 4 is 21.8 Å². The summed E-state index contributed by atoms with van der Waals surface area (Å²) < 4.78 is 7.93. The third-order valence-corrected chi connectivity index (χ3v) is 3.41. The van der Waals surface area contributed by atoms with Gasteiger partial charge in [0, 0.05) is 16.7 Å². The number of aliphatic hydroxyl groups excluding tert-OH is 1. The molecule has 2 aromatic rings. The first-order valence-corrected chi connectivity index (χ1v) is 7.14. The van der Waals surface area contributed by atoms with Gasteiger partial charge in [-0.25, -0.2) is 0 Å². The molecule has 6 heteroatoms. The highest BCUT2D eigenvalue weighted by molar-refractivity contribution is 9.10. The van der Waals surface area contributed by atoms with E-state index in [0.29, 0.717) is 11.5 Å². The van der Waals surface area contributed by atoms with Gasteiger partial charge in [0.15, 0.2) is 0 Å². The average Bonchev–Trinajstić information content (AvgIpc) is 3.04. The number of hydrogen-bond acceptors (Lipinski definition) is 3. The highest BCUT2D eigenvalue weighted by Gasteiger charge is 2.20. The first kappa shape index (κ1) is 14.9. The van der Waals surface area contributed by atoms with Crippen LogP contribution in [0.1, 0.15) is 42.2 Å². The van der Waals surface area contributed by atoms with Crippen molar-refractivity contribution in [2.24, 2.45) is 0 Å². The van der Waals surface area contributed by atoms with Crippen LogP contribution in [0.25, 0.3) is 0 Å². The van der Waals surface area contributed by atoms with Gasteiger partial charge < -0.3 is 19.4 Å². The van der Waals surface area contributed by atoms with Crippen LogP contribution in [0.15, 0.2) is 39.5 Å². The summed E-state index contributed by atoms with van der Waals surface area (Å²) >= 11 is 3.37. The summed E-state index contributed by atoms with van der Waals surface area (Å²) in [5, 5.41) is 12.2. The molecule has 0 saturated heterocycles. The number of carbonyl (C=O) groups is 1. The maximum atomic E-state index is 12.3. The van der Waals surface area contributed by atoms with Crippen LogP contribution in [0.5, 0.6) is 0 Å². The van der Waals surface area contributed by atoms with Crippen LogP contribution >= 0.6 is 15.9 Å².